The highest BCUT2D eigenvalue weighted by molar-refractivity contribution is 4.82. The third-order valence-electron chi connectivity index (χ3n) is 4.49. The first kappa shape index (κ1) is 11.4. The van der Waals surface area contributed by atoms with E-state index in [0.717, 1.165) is 11.8 Å². The summed E-state index contributed by atoms with van der Waals surface area (Å²) in [6, 6.07) is 0.605. The van der Waals surface area contributed by atoms with Crippen LogP contribution < -0.4 is 11.3 Å². The highest BCUT2D eigenvalue weighted by Gasteiger charge is 2.27. The summed E-state index contributed by atoms with van der Waals surface area (Å²) in [5.74, 6) is 7.57. The van der Waals surface area contributed by atoms with Gasteiger partial charge in [-0.3, -0.25) is 11.3 Å². The van der Waals surface area contributed by atoms with Crippen molar-refractivity contribution in [2.24, 2.45) is 17.7 Å². The van der Waals surface area contributed by atoms with E-state index in [2.05, 4.69) is 5.43 Å². The van der Waals surface area contributed by atoms with E-state index in [4.69, 9.17) is 5.84 Å². The van der Waals surface area contributed by atoms with Crippen molar-refractivity contribution in [1.29, 1.82) is 0 Å². The molecule has 1 unspecified atom stereocenters. The van der Waals surface area contributed by atoms with E-state index in [1.165, 1.54) is 64.2 Å². The zero-order valence-electron chi connectivity index (χ0n) is 9.88. The SMILES string of the molecule is NNC(CC1CCC1)C1CCCCCC1. The van der Waals surface area contributed by atoms with Gasteiger partial charge >= 0.3 is 0 Å². The van der Waals surface area contributed by atoms with Gasteiger partial charge in [-0.2, -0.15) is 0 Å². The summed E-state index contributed by atoms with van der Waals surface area (Å²) in [5, 5.41) is 0. The molecule has 2 fully saturated rings. The molecule has 0 spiro atoms. The number of rotatable bonds is 4. The molecule has 88 valence electrons. The molecule has 0 aliphatic heterocycles. The molecule has 0 aromatic rings. The zero-order valence-corrected chi connectivity index (χ0v) is 9.88. The van der Waals surface area contributed by atoms with Crippen LogP contribution in [0, 0.1) is 11.8 Å². The molecule has 0 saturated heterocycles. The Bertz CT molecular complexity index is 169. The van der Waals surface area contributed by atoms with E-state index in [9.17, 15) is 0 Å². The van der Waals surface area contributed by atoms with Crippen LogP contribution in [0.2, 0.25) is 0 Å². The van der Waals surface area contributed by atoms with Crippen molar-refractivity contribution in [3.63, 3.8) is 0 Å². The lowest BCUT2D eigenvalue weighted by atomic mass is 9.77. The minimum absolute atomic E-state index is 0.605. The van der Waals surface area contributed by atoms with E-state index < -0.39 is 0 Å². The summed E-state index contributed by atoms with van der Waals surface area (Å²) in [7, 11) is 0. The molecule has 0 aromatic heterocycles. The van der Waals surface area contributed by atoms with Crippen LogP contribution >= 0.6 is 0 Å². The maximum Gasteiger partial charge on any atom is 0.0241 e. The van der Waals surface area contributed by atoms with Gasteiger partial charge < -0.3 is 0 Å². The Kier molecular flexibility index (Phi) is 4.45. The first-order valence-corrected chi connectivity index (χ1v) is 6.86. The van der Waals surface area contributed by atoms with E-state index >= 15 is 0 Å². The average Bonchev–Trinajstić information content (AvgIpc) is 2.45. The van der Waals surface area contributed by atoms with Crippen LogP contribution in [0.5, 0.6) is 0 Å². The Morgan fingerprint density at radius 2 is 1.60 bits per heavy atom. The van der Waals surface area contributed by atoms with Gasteiger partial charge in [0.2, 0.25) is 0 Å². The largest absolute Gasteiger partial charge is 0.271 e. The Balaban J connectivity index is 1.79. The van der Waals surface area contributed by atoms with Crippen molar-refractivity contribution in [2.75, 3.05) is 0 Å². The van der Waals surface area contributed by atoms with Gasteiger partial charge in [-0.05, 0) is 31.1 Å². The lowest BCUT2D eigenvalue weighted by molar-refractivity contribution is 0.211. The molecule has 2 aliphatic rings. The standard InChI is InChI=1S/C13H26N2/c14-15-13(10-11-6-5-7-11)12-8-3-1-2-4-9-12/h11-13,15H,1-10,14H2. The average molecular weight is 210 g/mol. The summed E-state index contributed by atoms with van der Waals surface area (Å²) in [6.45, 7) is 0. The summed E-state index contributed by atoms with van der Waals surface area (Å²) >= 11 is 0. The fraction of sp³-hybridized carbons (Fsp3) is 1.00. The van der Waals surface area contributed by atoms with Crippen molar-refractivity contribution in [3.05, 3.63) is 0 Å². The fourth-order valence-corrected chi connectivity index (χ4v) is 3.20. The maximum atomic E-state index is 5.73. The van der Waals surface area contributed by atoms with Crippen molar-refractivity contribution in [2.45, 2.75) is 70.3 Å². The Labute approximate surface area is 94.0 Å². The molecule has 2 saturated carbocycles. The van der Waals surface area contributed by atoms with E-state index in [0.29, 0.717) is 6.04 Å². The minimum atomic E-state index is 0.605. The lowest BCUT2D eigenvalue weighted by Crippen LogP contribution is -2.42. The van der Waals surface area contributed by atoms with Crippen LogP contribution in [-0.2, 0) is 0 Å². The van der Waals surface area contributed by atoms with Crippen molar-refractivity contribution < 1.29 is 0 Å². The molecule has 2 nitrogen and oxygen atoms in total. The molecule has 0 amide bonds. The second-order valence-corrected chi connectivity index (χ2v) is 5.56. The molecule has 0 bridgehead atoms. The summed E-state index contributed by atoms with van der Waals surface area (Å²) in [4.78, 5) is 0. The van der Waals surface area contributed by atoms with Gasteiger partial charge in [0.1, 0.15) is 0 Å². The van der Waals surface area contributed by atoms with Gasteiger partial charge in [0.15, 0.2) is 0 Å². The highest BCUT2D eigenvalue weighted by atomic mass is 15.2. The molecule has 2 heteroatoms. The Morgan fingerprint density at radius 3 is 2.07 bits per heavy atom. The Morgan fingerprint density at radius 1 is 0.933 bits per heavy atom. The smallest absolute Gasteiger partial charge is 0.0241 e. The first-order chi connectivity index (χ1) is 7.40. The number of hydrazine groups is 1. The highest BCUT2D eigenvalue weighted by Crippen LogP contribution is 2.34. The number of hydrogen-bond donors (Lipinski definition) is 2. The Hall–Kier alpha value is -0.0800. The lowest BCUT2D eigenvalue weighted by Gasteiger charge is -2.33. The van der Waals surface area contributed by atoms with Crippen LogP contribution in [0.25, 0.3) is 0 Å². The zero-order chi connectivity index (χ0) is 10.5. The third-order valence-corrected chi connectivity index (χ3v) is 4.49. The van der Waals surface area contributed by atoms with Gasteiger partial charge in [0.25, 0.3) is 0 Å². The topological polar surface area (TPSA) is 38.0 Å². The molecule has 0 radical (unpaired) electrons. The third kappa shape index (κ3) is 3.18. The van der Waals surface area contributed by atoms with E-state index in [-0.39, 0.29) is 0 Å². The molecule has 3 N–H and O–H groups in total. The normalized spacial score (nSPS) is 27.0. The van der Waals surface area contributed by atoms with Gasteiger partial charge in [0, 0.05) is 6.04 Å². The van der Waals surface area contributed by atoms with Gasteiger partial charge in [-0.15, -0.1) is 0 Å². The molecule has 0 aromatic carbocycles. The quantitative estimate of drug-likeness (QED) is 0.425. The number of nitrogens with one attached hydrogen (secondary N) is 1. The first-order valence-electron chi connectivity index (χ1n) is 6.86. The van der Waals surface area contributed by atoms with Crippen LogP contribution in [0.4, 0.5) is 0 Å². The predicted molar refractivity (Wildman–Crippen MR) is 64.3 cm³/mol. The van der Waals surface area contributed by atoms with Crippen LogP contribution in [0.15, 0.2) is 0 Å². The second-order valence-electron chi connectivity index (χ2n) is 5.56. The van der Waals surface area contributed by atoms with E-state index in [1.807, 2.05) is 0 Å². The monoisotopic (exact) mass is 210 g/mol. The van der Waals surface area contributed by atoms with Crippen LogP contribution in [-0.4, -0.2) is 6.04 Å². The molecular weight excluding hydrogens is 184 g/mol. The molecule has 15 heavy (non-hydrogen) atoms. The number of hydrogen-bond acceptors (Lipinski definition) is 2. The van der Waals surface area contributed by atoms with Gasteiger partial charge in [0.05, 0.1) is 0 Å². The summed E-state index contributed by atoms with van der Waals surface area (Å²) < 4.78 is 0. The molecule has 1 atom stereocenters. The van der Waals surface area contributed by atoms with Crippen LogP contribution in [0.1, 0.15) is 64.2 Å². The van der Waals surface area contributed by atoms with Crippen molar-refractivity contribution >= 4 is 0 Å². The fourth-order valence-electron chi connectivity index (χ4n) is 3.20. The van der Waals surface area contributed by atoms with Crippen molar-refractivity contribution in [1.82, 2.24) is 5.43 Å². The minimum Gasteiger partial charge on any atom is -0.271 e. The maximum absolute atomic E-state index is 5.73. The summed E-state index contributed by atoms with van der Waals surface area (Å²) in [6.07, 6.45) is 14.2. The van der Waals surface area contributed by atoms with Gasteiger partial charge in [-0.1, -0.05) is 44.9 Å². The van der Waals surface area contributed by atoms with Crippen LogP contribution in [0.3, 0.4) is 0 Å². The molecular formula is C13H26N2. The van der Waals surface area contributed by atoms with Crippen molar-refractivity contribution in [3.8, 4) is 0 Å². The van der Waals surface area contributed by atoms with Gasteiger partial charge in [-0.25, -0.2) is 0 Å². The second kappa shape index (κ2) is 5.86. The molecule has 0 heterocycles. The number of nitrogens with two attached hydrogens (primary N) is 1. The van der Waals surface area contributed by atoms with E-state index in [1.54, 1.807) is 0 Å². The molecule has 2 aliphatic carbocycles. The molecule has 2 rings (SSSR count). The summed E-state index contributed by atoms with van der Waals surface area (Å²) in [5.41, 5.74) is 3.10. The predicted octanol–water partition coefficient (Wildman–Crippen LogP) is 2.98.